The molecule has 3 rings (SSSR count). The third kappa shape index (κ3) is 1.45. The van der Waals surface area contributed by atoms with Crippen LogP contribution in [0.25, 0.3) is 0 Å². The summed E-state index contributed by atoms with van der Waals surface area (Å²) in [4.78, 5) is 11.9. The third-order valence-electron chi connectivity index (χ3n) is 3.71. The number of hydrogen-bond acceptors (Lipinski definition) is 4. The molecule has 3 atom stereocenters. The Morgan fingerprint density at radius 2 is 2.44 bits per heavy atom. The summed E-state index contributed by atoms with van der Waals surface area (Å²) >= 11 is 0. The molecule has 1 aromatic carbocycles. The van der Waals surface area contributed by atoms with Crippen molar-refractivity contribution in [2.45, 2.75) is 37.9 Å². The Morgan fingerprint density at radius 1 is 1.67 bits per heavy atom. The van der Waals surface area contributed by atoms with Gasteiger partial charge in [0.1, 0.15) is 5.75 Å². The molecule has 1 aliphatic carbocycles. The van der Waals surface area contributed by atoms with Crippen LogP contribution in [0.4, 0.5) is 0 Å². The molecular formula is C14H16O4. The van der Waals surface area contributed by atoms with Crippen LogP contribution in [0.2, 0.25) is 0 Å². The first-order valence-corrected chi connectivity index (χ1v) is 6.26. The molecule has 0 amide bonds. The summed E-state index contributed by atoms with van der Waals surface area (Å²) in [6, 6.07) is 5.58. The summed E-state index contributed by atoms with van der Waals surface area (Å²) < 4.78 is 10.8. The lowest BCUT2D eigenvalue weighted by atomic mass is 10.0. The minimum atomic E-state index is -0.782. The predicted molar refractivity (Wildman–Crippen MR) is 64.4 cm³/mol. The maximum absolute atomic E-state index is 11.9. The van der Waals surface area contributed by atoms with Gasteiger partial charge in [-0.05, 0) is 31.5 Å². The molecule has 1 aromatic rings. The summed E-state index contributed by atoms with van der Waals surface area (Å²) in [6.45, 7) is 3.88. The molecule has 1 saturated carbocycles. The number of hydrogen-bond donors (Lipinski definition) is 1. The number of esters is 1. The molecule has 0 spiro atoms. The van der Waals surface area contributed by atoms with Crippen LogP contribution in [-0.4, -0.2) is 23.3 Å². The number of fused-ring (bicyclic) bond motifs is 3. The van der Waals surface area contributed by atoms with E-state index in [1.54, 1.807) is 13.8 Å². The van der Waals surface area contributed by atoms with E-state index in [2.05, 4.69) is 0 Å². The highest BCUT2D eigenvalue weighted by molar-refractivity contribution is 5.88. The zero-order valence-electron chi connectivity index (χ0n) is 10.5. The van der Waals surface area contributed by atoms with Crippen LogP contribution in [0, 0.1) is 0 Å². The fourth-order valence-corrected chi connectivity index (χ4v) is 2.63. The molecule has 96 valence electrons. The van der Waals surface area contributed by atoms with Crippen molar-refractivity contribution in [3.8, 4) is 5.75 Å². The Balaban J connectivity index is 1.89. The smallest absolute Gasteiger partial charge is 0.351 e. The summed E-state index contributed by atoms with van der Waals surface area (Å²) in [6.07, 6.45) is 0.175. The van der Waals surface area contributed by atoms with Crippen LogP contribution in [0.3, 0.4) is 0 Å². The number of ether oxygens (including phenoxy) is 2. The van der Waals surface area contributed by atoms with E-state index in [9.17, 15) is 9.90 Å². The predicted octanol–water partition coefficient (Wildman–Crippen LogP) is 1.92. The van der Waals surface area contributed by atoms with Crippen molar-refractivity contribution in [3.63, 3.8) is 0 Å². The molecule has 1 heterocycles. The van der Waals surface area contributed by atoms with Gasteiger partial charge in [0, 0.05) is 17.9 Å². The van der Waals surface area contributed by atoms with Crippen molar-refractivity contribution in [2.75, 3.05) is 6.61 Å². The zero-order valence-corrected chi connectivity index (χ0v) is 10.5. The largest absolute Gasteiger partial charge is 0.475 e. The minimum absolute atomic E-state index is 0.0882. The third-order valence-corrected chi connectivity index (χ3v) is 3.71. The van der Waals surface area contributed by atoms with Crippen LogP contribution in [-0.2, 0) is 9.53 Å². The highest BCUT2D eigenvalue weighted by Crippen LogP contribution is 2.62. The first kappa shape index (κ1) is 11.5. The monoisotopic (exact) mass is 248 g/mol. The fourth-order valence-electron chi connectivity index (χ4n) is 2.63. The quantitative estimate of drug-likeness (QED) is 0.830. The molecule has 0 saturated heterocycles. The summed E-state index contributed by atoms with van der Waals surface area (Å²) in [5.74, 6) is 0.554. The molecule has 0 bridgehead atoms. The van der Waals surface area contributed by atoms with Crippen molar-refractivity contribution < 1.29 is 19.4 Å². The van der Waals surface area contributed by atoms with Gasteiger partial charge in [-0.2, -0.15) is 0 Å². The SMILES string of the molecule is CCOC(=O)C12CC1c1cc(C(C)O)ccc1O2. The standard InChI is InChI=1S/C14H16O4/c1-3-17-13(16)14-7-11(14)10-6-9(8(2)15)4-5-12(10)18-14/h4-6,8,11,15H,3,7H2,1-2H3. The van der Waals surface area contributed by atoms with E-state index >= 15 is 0 Å². The van der Waals surface area contributed by atoms with Crippen molar-refractivity contribution in [1.29, 1.82) is 0 Å². The Hall–Kier alpha value is -1.55. The summed E-state index contributed by atoms with van der Waals surface area (Å²) in [5.41, 5.74) is 1.08. The summed E-state index contributed by atoms with van der Waals surface area (Å²) in [5, 5.41) is 9.58. The molecule has 1 fully saturated rings. The van der Waals surface area contributed by atoms with Gasteiger partial charge in [0.15, 0.2) is 0 Å². The van der Waals surface area contributed by atoms with Crippen LogP contribution in [0.5, 0.6) is 5.75 Å². The van der Waals surface area contributed by atoms with Crippen LogP contribution in [0.15, 0.2) is 18.2 Å². The average Bonchev–Trinajstić information content (AvgIpc) is 2.98. The second-order valence-electron chi connectivity index (χ2n) is 4.94. The first-order valence-electron chi connectivity index (χ1n) is 6.26. The van der Waals surface area contributed by atoms with Gasteiger partial charge < -0.3 is 14.6 Å². The molecule has 1 aliphatic heterocycles. The molecule has 3 unspecified atom stereocenters. The fraction of sp³-hybridized carbons (Fsp3) is 0.500. The molecule has 18 heavy (non-hydrogen) atoms. The Bertz CT molecular complexity index is 509. The molecule has 4 nitrogen and oxygen atoms in total. The highest BCUT2D eigenvalue weighted by Gasteiger charge is 2.69. The van der Waals surface area contributed by atoms with Gasteiger partial charge in [-0.1, -0.05) is 6.07 Å². The Morgan fingerprint density at radius 3 is 3.11 bits per heavy atom. The van der Waals surface area contributed by atoms with E-state index in [-0.39, 0.29) is 11.9 Å². The van der Waals surface area contributed by atoms with Gasteiger partial charge in [-0.15, -0.1) is 0 Å². The van der Waals surface area contributed by atoms with Gasteiger partial charge >= 0.3 is 5.97 Å². The van der Waals surface area contributed by atoms with Gasteiger partial charge in [0.05, 0.1) is 12.7 Å². The van der Waals surface area contributed by atoms with Crippen molar-refractivity contribution in [1.82, 2.24) is 0 Å². The maximum atomic E-state index is 11.9. The topological polar surface area (TPSA) is 55.8 Å². The summed E-state index contributed by atoms with van der Waals surface area (Å²) in [7, 11) is 0. The van der Waals surface area contributed by atoms with Gasteiger partial charge in [-0.25, -0.2) is 4.79 Å². The molecule has 0 radical (unpaired) electrons. The second kappa shape index (κ2) is 3.72. The first-order chi connectivity index (χ1) is 8.58. The second-order valence-corrected chi connectivity index (χ2v) is 4.94. The number of aliphatic hydroxyl groups excluding tert-OH is 1. The van der Waals surface area contributed by atoms with Gasteiger partial charge in [-0.3, -0.25) is 0 Å². The average molecular weight is 248 g/mol. The molecule has 0 aromatic heterocycles. The molecule has 4 heteroatoms. The van der Waals surface area contributed by atoms with Crippen molar-refractivity contribution in [3.05, 3.63) is 29.3 Å². The number of benzene rings is 1. The van der Waals surface area contributed by atoms with Crippen LogP contribution in [0.1, 0.15) is 43.4 Å². The number of carbonyl (C=O) groups excluding carboxylic acids is 1. The van der Waals surface area contributed by atoms with Crippen LogP contribution < -0.4 is 4.74 Å². The van der Waals surface area contributed by atoms with Crippen molar-refractivity contribution in [2.24, 2.45) is 0 Å². The van der Waals surface area contributed by atoms with Gasteiger partial charge in [0.2, 0.25) is 5.60 Å². The van der Waals surface area contributed by atoms with E-state index in [1.807, 2.05) is 18.2 Å². The van der Waals surface area contributed by atoms with E-state index in [0.29, 0.717) is 13.0 Å². The molecular weight excluding hydrogens is 232 g/mol. The minimum Gasteiger partial charge on any atom is -0.475 e. The van der Waals surface area contributed by atoms with E-state index in [1.165, 1.54) is 0 Å². The lowest BCUT2D eigenvalue weighted by Gasteiger charge is -2.13. The van der Waals surface area contributed by atoms with Gasteiger partial charge in [0.25, 0.3) is 0 Å². The van der Waals surface area contributed by atoms with E-state index < -0.39 is 11.7 Å². The van der Waals surface area contributed by atoms with Crippen molar-refractivity contribution >= 4 is 5.97 Å². The molecule has 2 aliphatic rings. The normalized spacial score (nSPS) is 28.9. The number of carbonyl (C=O) groups is 1. The van der Waals surface area contributed by atoms with E-state index in [4.69, 9.17) is 9.47 Å². The Labute approximate surface area is 106 Å². The maximum Gasteiger partial charge on any atom is 0.351 e. The zero-order chi connectivity index (χ0) is 12.9. The lowest BCUT2D eigenvalue weighted by Crippen LogP contribution is -2.30. The number of aliphatic hydroxyl groups is 1. The Kier molecular flexibility index (Phi) is 2.38. The van der Waals surface area contributed by atoms with Crippen LogP contribution >= 0.6 is 0 Å². The lowest BCUT2D eigenvalue weighted by molar-refractivity contribution is -0.153. The van der Waals surface area contributed by atoms with E-state index in [0.717, 1.165) is 16.9 Å². The molecule has 1 N–H and O–H groups in total. The number of rotatable bonds is 3. The highest BCUT2D eigenvalue weighted by atomic mass is 16.6.